The van der Waals surface area contributed by atoms with E-state index in [1.165, 1.54) is 20.0 Å². The van der Waals surface area contributed by atoms with Crippen LogP contribution in [0.2, 0.25) is 15.1 Å². The molecule has 0 amide bonds. The summed E-state index contributed by atoms with van der Waals surface area (Å²) in [4.78, 5) is 25.3. The number of nitrogens with zero attached hydrogens (tertiary/aromatic N) is 2. The minimum atomic E-state index is -0.684. The zero-order valence-electron chi connectivity index (χ0n) is 13.4. The summed E-state index contributed by atoms with van der Waals surface area (Å²) in [5.41, 5.74) is -0.960. The number of carbonyl (C=O) groups excluding carboxylic acids is 1. The fraction of sp³-hybridized carbons (Fsp3) is 0.118. The number of aromatic hydroxyl groups is 1. The van der Waals surface area contributed by atoms with Gasteiger partial charge in [-0.15, -0.1) is 11.3 Å². The number of carbonyl (C=O) groups is 1. The Morgan fingerprint density at radius 2 is 1.96 bits per heavy atom. The third-order valence-corrected chi connectivity index (χ3v) is 6.15. The van der Waals surface area contributed by atoms with Gasteiger partial charge in [-0.1, -0.05) is 34.8 Å². The van der Waals surface area contributed by atoms with Crippen molar-refractivity contribution in [2.75, 3.05) is 0 Å². The second-order valence-electron chi connectivity index (χ2n) is 5.51. The summed E-state index contributed by atoms with van der Waals surface area (Å²) in [6.07, 6.45) is 0. The Labute approximate surface area is 166 Å². The second kappa shape index (κ2) is 6.60. The number of hydrogen-bond donors (Lipinski definition) is 1. The normalized spacial score (nSPS) is 10.9. The number of thiophene rings is 1. The molecule has 3 aromatic rings. The molecular weight excluding hydrogens is 419 g/mol. The van der Waals surface area contributed by atoms with Crippen LogP contribution in [0.4, 0.5) is 0 Å². The van der Waals surface area contributed by atoms with Crippen LogP contribution in [0.15, 0.2) is 16.9 Å². The molecule has 0 saturated heterocycles. The van der Waals surface area contributed by atoms with Gasteiger partial charge in [0.2, 0.25) is 11.7 Å². The first kappa shape index (κ1) is 18.7. The summed E-state index contributed by atoms with van der Waals surface area (Å²) in [5, 5.41) is 20.8. The Hall–Kier alpha value is -2.04. The van der Waals surface area contributed by atoms with Crippen molar-refractivity contribution in [2.24, 2.45) is 7.05 Å². The third kappa shape index (κ3) is 2.68. The van der Waals surface area contributed by atoms with E-state index >= 15 is 0 Å². The van der Waals surface area contributed by atoms with Gasteiger partial charge < -0.3 is 5.11 Å². The van der Waals surface area contributed by atoms with Crippen molar-refractivity contribution in [3.63, 3.8) is 0 Å². The molecule has 0 aliphatic carbocycles. The molecule has 9 heteroatoms. The number of ketones is 1. The van der Waals surface area contributed by atoms with E-state index in [0.717, 1.165) is 15.9 Å². The van der Waals surface area contributed by atoms with E-state index in [9.17, 15) is 20.0 Å². The molecule has 3 rings (SSSR count). The van der Waals surface area contributed by atoms with Crippen LogP contribution < -0.4 is 5.56 Å². The highest BCUT2D eigenvalue weighted by atomic mass is 35.5. The number of nitriles is 1. The Bertz CT molecular complexity index is 1210. The summed E-state index contributed by atoms with van der Waals surface area (Å²) < 4.78 is 1.46. The number of aromatic nitrogens is 1. The molecule has 0 spiro atoms. The third-order valence-electron chi connectivity index (χ3n) is 4.00. The van der Waals surface area contributed by atoms with Crippen molar-refractivity contribution in [2.45, 2.75) is 6.92 Å². The lowest BCUT2D eigenvalue weighted by molar-refractivity contribution is 0.103. The predicted octanol–water partition coefficient (Wildman–Crippen LogP) is 4.68. The maximum atomic E-state index is 13.1. The van der Waals surface area contributed by atoms with Crippen molar-refractivity contribution in [1.82, 2.24) is 4.57 Å². The molecule has 26 heavy (non-hydrogen) atoms. The fourth-order valence-corrected chi connectivity index (χ4v) is 4.98. The maximum Gasteiger partial charge on any atom is 0.271 e. The molecule has 0 aliphatic rings. The van der Waals surface area contributed by atoms with Gasteiger partial charge in [0.15, 0.2) is 0 Å². The van der Waals surface area contributed by atoms with Gasteiger partial charge in [-0.3, -0.25) is 14.2 Å². The van der Waals surface area contributed by atoms with Crippen LogP contribution in [0, 0.1) is 18.3 Å². The number of halogens is 3. The largest absolute Gasteiger partial charge is 0.494 e. The highest BCUT2D eigenvalue weighted by molar-refractivity contribution is 7.22. The molecule has 0 saturated carbocycles. The molecule has 1 N–H and O–H groups in total. The molecule has 0 unspecified atom stereocenters. The molecule has 1 aromatic carbocycles. The minimum absolute atomic E-state index is 0.0933. The van der Waals surface area contributed by atoms with Gasteiger partial charge in [0, 0.05) is 22.2 Å². The summed E-state index contributed by atoms with van der Waals surface area (Å²) in [5.74, 6) is -1.14. The van der Waals surface area contributed by atoms with Crippen molar-refractivity contribution >= 4 is 62.0 Å². The highest BCUT2D eigenvalue weighted by Gasteiger charge is 2.27. The van der Waals surface area contributed by atoms with Crippen molar-refractivity contribution in [1.29, 1.82) is 5.26 Å². The average Bonchev–Trinajstić information content (AvgIpc) is 2.90. The molecule has 2 heterocycles. The second-order valence-corrected chi connectivity index (χ2v) is 7.78. The first-order valence-electron chi connectivity index (χ1n) is 7.13. The predicted molar refractivity (Wildman–Crippen MR) is 103 cm³/mol. The maximum absolute atomic E-state index is 13.1. The molecule has 0 fully saturated rings. The standard InChI is InChI=1S/C17H9Cl3N2O3S/c1-6-8(5-21)16(24)22(2)17(25)11(6)14(23)15-13(20)12-9(19)3-7(18)4-10(12)26-15/h3-4,25H,1-2H3. The molecule has 0 radical (unpaired) electrons. The zero-order chi connectivity index (χ0) is 19.3. The molecule has 5 nitrogen and oxygen atoms in total. The Morgan fingerprint density at radius 3 is 2.58 bits per heavy atom. The highest BCUT2D eigenvalue weighted by Crippen LogP contribution is 2.42. The summed E-state index contributed by atoms with van der Waals surface area (Å²) in [7, 11) is 1.28. The number of pyridine rings is 1. The minimum Gasteiger partial charge on any atom is -0.494 e. The van der Waals surface area contributed by atoms with Crippen LogP contribution in [0.25, 0.3) is 10.1 Å². The van der Waals surface area contributed by atoms with Crippen molar-refractivity contribution < 1.29 is 9.90 Å². The van der Waals surface area contributed by atoms with Gasteiger partial charge in [0.25, 0.3) is 5.56 Å². The van der Waals surface area contributed by atoms with E-state index in [1.54, 1.807) is 12.1 Å². The van der Waals surface area contributed by atoms with Crippen molar-refractivity contribution in [3.05, 3.63) is 59.1 Å². The molecule has 0 atom stereocenters. The molecular formula is C17H9Cl3N2O3S. The van der Waals surface area contributed by atoms with E-state index in [-0.39, 0.29) is 26.6 Å². The van der Waals surface area contributed by atoms with Crippen LogP contribution in [0.3, 0.4) is 0 Å². The zero-order valence-corrected chi connectivity index (χ0v) is 16.4. The molecule has 0 bridgehead atoms. The van der Waals surface area contributed by atoms with E-state index in [0.29, 0.717) is 20.1 Å². The Balaban J connectivity index is 2.34. The lowest BCUT2D eigenvalue weighted by atomic mass is 10.0. The van der Waals surface area contributed by atoms with Gasteiger partial charge >= 0.3 is 0 Å². The quantitative estimate of drug-likeness (QED) is 0.602. The van der Waals surface area contributed by atoms with E-state index in [1.807, 2.05) is 0 Å². The van der Waals surface area contributed by atoms with Gasteiger partial charge in [-0.05, 0) is 24.6 Å². The molecule has 132 valence electrons. The lowest BCUT2D eigenvalue weighted by Gasteiger charge is -2.11. The lowest BCUT2D eigenvalue weighted by Crippen LogP contribution is -2.24. The van der Waals surface area contributed by atoms with E-state index < -0.39 is 17.2 Å². The summed E-state index contributed by atoms with van der Waals surface area (Å²) in [6, 6.07) is 4.92. The first-order chi connectivity index (χ1) is 12.2. The van der Waals surface area contributed by atoms with Crippen LogP contribution in [0.1, 0.15) is 26.4 Å². The number of rotatable bonds is 2. The Kier molecular flexibility index (Phi) is 4.76. The van der Waals surface area contributed by atoms with Crippen LogP contribution in [0.5, 0.6) is 5.88 Å². The van der Waals surface area contributed by atoms with Crippen LogP contribution in [-0.2, 0) is 7.05 Å². The number of hydrogen-bond acceptors (Lipinski definition) is 5. The topological polar surface area (TPSA) is 83.1 Å². The van der Waals surface area contributed by atoms with Crippen LogP contribution in [-0.4, -0.2) is 15.5 Å². The van der Waals surface area contributed by atoms with Crippen molar-refractivity contribution in [3.8, 4) is 11.9 Å². The summed E-state index contributed by atoms with van der Waals surface area (Å²) in [6.45, 7) is 1.43. The SMILES string of the molecule is Cc1c(C(=O)c2sc3cc(Cl)cc(Cl)c3c2Cl)c(O)n(C)c(=O)c1C#N. The molecule has 2 aromatic heterocycles. The molecule has 0 aliphatic heterocycles. The van der Waals surface area contributed by atoms with E-state index in [4.69, 9.17) is 34.8 Å². The Morgan fingerprint density at radius 1 is 1.31 bits per heavy atom. The number of benzene rings is 1. The van der Waals surface area contributed by atoms with E-state index in [2.05, 4.69) is 0 Å². The average molecular weight is 428 g/mol. The number of fused-ring (bicyclic) bond motifs is 1. The monoisotopic (exact) mass is 426 g/mol. The fourth-order valence-electron chi connectivity index (χ4n) is 2.66. The summed E-state index contributed by atoms with van der Waals surface area (Å²) >= 11 is 19.6. The van der Waals surface area contributed by atoms with Gasteiger partial charge in [0.05, 0.1) is 20.5 Å². The first-order valence-corrected chi connectivity index (χ1v) is 9.08. The van der Waals surface area contributed by atoms with Gasteiger partial charge in [-0.2, -0.15) is 5.26 Å². The van der Waals surface area contributed by atoms with Crippen LogP contribution >= 0.6 is 46.1 Å². The smallest absolute Gasteiger partial charge is 0.271 e. The van der Waals surface area contributed by atoms with Gasteiger partial charge in [-0.25, -0.2) is 0 Å². The van der Waals surface area contributed by atoms with Gasteiger partial charge in [0.1, 0.15) is 11.6 Å².